The highest BCUT2D eigenvalue weighted by molar-refractivity contribution is 7.90. The van der Waals surface area contributed by atoms with Gasteiger partial charge in [0.05, 0.1) is 12.2 Å². The van der Waals surface area contributed by atoms with E-state index in [0.717, 1.165) is 6.26 Å². The zero-order valence-electron chi connectivity index (χ0n) is 12.0. The second-order valence-corrected chi connectivity index (χ2v) is 7.68. The Labute approximate surface area is 114 Å². The van der Waals surface area contributed by atoms with E-state index in [4.69, 9.17) is 4.74 Å². The summed E-state index contributed by atoms with van der Waals surface area (Å²) in [7, 11) is -2.99. The Kier molecular flexibility index (Phi) is 7.04. The van der Waals surface area contributed by atoms with Gasteiger partial charge < -0.3 is 10.1 Å². The Morgan fingerprint density at radius 3 is 2.21 bits per heavy atom. The van der Waals surface area contributed by atoms with Gasteiger partial charge in [0.1, 0.15) is 15.4 Å². The molecule has 0 saturated heterocycles. The van der Waals surface area contributed by atoms with E-state index < -0.39 is 21.4 Å². The van der Waals surface area contributed by atoms with Crippen molar-refractivity contribution in [3.8, 4) is 0 Å². The van der Waals surface area contributed by atoms with Crippen LogP contribution in [0.15, 0.2) is 0 Å². The summed E-state index contributed by atoms with van der Waals surface area (Å²) in [4.78, 5) is 22.7. The molecule has 0 fully saturated rings. The molecule has 0 spiro atoms. The number of carbonyl (C=O) groups is 2. The standard InChI is InChI=1S/C12H23NO5S/c1-12(2,3)18-11(15)7-6-10(14)13-8-5-9-19(4,16)17/h5-9H2,1-4H3,(H,13,14). The van der Waals surface area contributed by atoms with Gasteiger partial charge in [-0.3, -0.25) is 9.59 Å². The quantitative estimate of drug-likeness (QED) is 0.550. The zero-order valence-corrected chi connectivity index (χ0v) is 12.8. The monoisotopic (exact) mass is 293 g/mol. The van der Waals surface area contributed by atoms with Crippen molar-refractivity contribution in [2.45, 2.75) is 45.6 Å². The van der Waals surface area contributed by atoms with Gasteiger partial charge in [0, 0.05) is 19.2 Å². The van der Waals surface area contributed by atoms with E-state index in [0.29, 0.717) is 13.0 Å². The van der Waals surface area contributed by atoms with Gasteiger partial charge in [-0.25, -0.2) is 8.42 Å². The topological polar surface area (TPSA) is 89.5 Å². The predicted octanol–water partition coefficient (Wildman–Crippen LogP) is 0.659. The number of ether oxygens (including phenoxy) is 1. The molecule has 0 saturated carbocycles. The minimum Gasteiger partial charge on any atom is -0.460 e. The molecule has 6 nitrogen and oxygen atoms in total. The highest BCUT2D eigenvalue weighted by Crippen LogP contribution is 2.08. The highest BCUT2D eigenvalue weighted by atomic mass is 32.2. The lowest BCUT2D eigenvalue weighted by Crippen LogP contribution is -2.28. The molecule has 0 aromatic heterocycles. The SMILES string of the molecule is CC(C)(C)OC(=O)CCC(=O)NCCCS(C)(=O)=O. The van der Waals surface area contributed by atoms with Gasteiger partial charge in [0.2, 0.25) is 5.91 Å². The fraction of sp³-hybridized carbons (Fsp3) is 0.833. The fourth-order valence-electron chi connectivity index (χ4n) is 1.26. The molecule has 112 valence electrons. The minimum absolute atomic E-state index is 0.0230. The minimum atomic E-state index is -2.99. The average molecular weight is 293 g/mol. The highest BCUT2D eigenvalue weighted by Gasteiger charge is 2.16. The van der Waals surface area contributed by atoms with Crippen LogP contribution >= 0.6 is 0 Å². The van der Waals surface area contributed by atoms with Gasteiger partial charge in [-0.2, -0.15) is 0 Å². The van der Waals surface area contributed by atoms with Crippen molar-refractivity contribution in [1.82, 2.24) is 5.32 Å². The van der Waals surface area contributed by atoms with Gasteiger partial charge in [-0.1, -0.05) is 0 Å². The van der Waals surface area contributed by atoms with E-state index >= 15 is 0 Å². The van der Waals surface area contributed by atoms with E-state index in [9.17, 15) is 18.0 Å². The first-order chi connectivity index (χ1) is 8.49. The maximum Gasteiger partial charge on any atom is 0.306 e. The number of amides is 1. The van der Waals surface area contributed by atoms with Crippen LogP contribution in [-0.2, 0) is 24.2 Å². The first-order valence-corrected chi connectivity index (χ1v) is 8.22. The number of nitrogens with one attached hydrogen (secondary N) is 1. The predicted molar refractivity (Wildman–Crippen MR) is 72.4 cm³/mol. The number of esters is 1. The first-order valence-electron chi connectivity index (χ1n) is 6.16. The molecule has 19 heavy (non-hydrogen) atoms. The largest absolute Gasteiger partial charge is 0.460 e. The van der Waals surface area contributed by atoms with Crippen molar-refractivity contribution in [3.63, 3.8) is 0 Å². The fourth-order valence-corrected chi connectivity index (χ4v) is 1.93. The van der Waals surface area contributed by atoms with Crippen molar-refractivity contribution in [1.29, 1.82) is 0 Å². The van der Waals surface area contributed by atoms with Crippen molar-refractivity contribution < 1.29 is 22.7 Å². The molecule has 0 aromatic rings. The summed E-state index contributed by atoms with van der Waals surface area (Å²) in [6, 6.07) is 0. The summed E-state index contributed by atoms with van der Waals surface area (Å²) >= 11 is 0. The molecule has 0 rings (SSSR count). The van der Waals surface area contributed by atoms with Gasteiger partial charge in [0.25, 0.3) is 0 Å². The third-order valence-electron chi connectivity index (χ3n) is 1.99. The lowest BCUT2D eigenvalue weighted by Gasteiger charge is -2.19. The van der Waals surface area contributed by atoms with E-state index in [1.165, 1.54) is 0 Å². The lowest BCUT2D eigenvalue weighted by atomic mass is 10.2. The number of hydrogen-bond donors (Lipinski definition) is 1. The third kappa shape index (κ3) is 13.1. The molecular formula is C12H23NO5S. The van der Waals surface area contributed by atoms with E-state index in [1.807, 2.05) is 0 Å². The third-order valence-corrected chi connectivity index (χ3v) is 3.02. The Hall–Kier alpha value is -1.11. The summed E-state index contributed by atoms with van der Waals surface area (Å²) in [5.74, 6) is -0.655. The molecular weight excluding hydrogens is 270 g/mol. The Bertz CT molecular complexity index is 408. The maximum atomic E-state index is 11.4. The van der Waals surface area contributed by atoms with E-state index in [-0.39, 0.29) is 24.5 Å². The Morgan fingerprint density at radius 1 is 1.16 bits per heavy atom. The molecule has 0 aliphatic heterocycles. The summed E-state index contributed by atoms with van der Waals surface area (Å²) < 4.78 is 26.8. The average Bonchev–Trinajstić information content (AvgIpc) is 2.17. The molecule has 1 N–H and O–H groups in total. The maximum absolute atomic E-state index is 11.4. The lowest BCUT2D eigenvalue weighted by molar-refractivity contribution is -0.155. The molecule has 0 aromatic carbocycles. The number of sulfone groups is 1. The van der Waals surface area contributed by atoms with Crippen LogP contribution in [0.1, 0.15) is 40.0 Å². The first kappa shape index (κ1) is 17.9. The van der Waals surface area contributed by atoms with Crippen LogP contribution in [-0.4, -0.2) is 44.4 Å². The summed E-state index contributed by atoms with van der Waals surface area (Å²) in [5, 5.41) is 2.56. The van der Waals surface area contributed by atoms with Gasteiger partial charge in [-0.05, 0) is 27.2 Å². The van der Waals surface area contributed by atoms with Gasteiger partial charge in [0.15, 0.2) is 0 Å². The molecule has 1 amide bonds. The summed E-state index contributed by atoms with van der Waals surface area (Å²) in [6.45, 7) is 5.57. The molecule has 0 heterocycles. The van der Waals surface area contributed by atoms with Crippen LogP contribution in [0, 0.1) is 0 Å². The second kappa shape index (κ2) is 7.47. The molecule has 0 unspecified atom stereocenters. The molecule has 0 atom stereocenters. The normalized spacial score (nSPS) is 12.0. The molecule has 0 radical (unpaired) electrons. The van der Waals surface area contributed by atoms with E-state index in [2.05, 4.69) is 5.32 Å². The number of carbonyl (C=O) groups excluding carboxylic acids is 2. The molecule has 0 bridgehead atoms. The summed E-state index contributed by atoms with van der Waals surface area (Å²) in [6.07, 6.45) is 1.59. The van der Waals surface area contributed by atoms with Crippen LogP contribution < -0.4 is 5.32 Å². The summed E-state index contributed by atoms with van der Waals surface area (Å²) in [5.41, 5.74) is -0.553. The van der Waals surface area contributed by atoms with Crippen molar-refractivity contribution in [3.05, 3.63) is 0 Å². The molecule has 7 heteroatoms. The second-order valence-electron chi connectivity index (χ2n) is 5.42. The van der Waals surface area contributed by atoms with Crippen LogP contribution in [0.3, 0.4) is 0 Å². The molecule has 0 aliphatic rings. The Morgan fingerprint density at radius 2 is 1.74 bits per heavy atom. The number of rotatable bonds is 7. The van der Waals surface area contributed by atoms with Crippen LogP contribution in [0.4, 0.5) is 0 Å². The number of hydrogen-bond acceptors (Lipinski definition) is 5. The van der Waals surface area contributed by atoms with E-state index in [1.54, 1.807) is 20.8 Å². The van der Waals surface area contributed by atoms with Crippen LogP contribution in [0.5, 0.6) is 0 Å². The Balaban J connectivity index is 3.74. The van der Waals surface area contributed by atoms with Crippen LogP contribution in [0.2, 0.25) is 0 Å². The van der Waals surface area contributed by atoms with Crippen LogP contribution in [0.25, 0.3) is 0 Å². The molecule has 0 aliphatic carbocycles. The zero-order chi connectivity index (χ0) is 15.1. The van der Waals surface area contributed by atoms with Crippen molar-refractivity contribution in [2.75, 3.05) is 18.6 Å². The van der Waals surface area contributed by atoms with Gasteiger partial charge >= 0.3 is 5.97 Å². The van der Waals surface area contributed by atoms with Crippen molar-refractivity contribution >= 4 is 21.7 Å². The van der Waals surface area contributed by atoms with Crippen molar-refractivity contribution in [2.24, 2.45) is 0 Å². The van der Waals surface area contributed by atoms with Gasteiger partial charge in [-0.15, -0.1) is 0 Å². The smallest absolute Gasteiger partial charge is 0.306 e.